The molecule has 0 aliphatic rings. The van der Waals surface area contributed by atoms with Crippen LogP contribution in [0.25, 0.3) is 10.9 Å². The van der Waals surface area contributed by atoms with Gasteiger partial charge in [-0.2, -0.15) is 4.73 Å². The number of aromatic nitrogens is 1. The van der Waals surface area contributed by atoms with E-state index in [4.69, 9.17) is 4.84 Å². The Labute approximate surface area is 105 Å². The standard InChI is InChI=1S/C13H16N2O3/c1-17-13(16)14-8-7-10-9-15(18-2)12-6-4-3-5-11(10)12/h3-6,9H,7-8H2,1-2H3,(H,14,16). The molecule has 0 radical (unpaired) electrons. The fourth-order valence-electron chi connectivity index (χ4n) is 1.94. The minimum absolute atomic E-state index is 0.412. The Morgan fingerprint density at radius 3 is 2.83 bits per heavy atom. The first-order chi connectivity index (χ1) is 8.76. The molecule has 18 heavy (non-hydrogen) atoms. The van der Waals surface area contributed by atoms with Crippen LogP contribution in [0.1, 0.15) is 5.56 Å². The Morgan fingerprint density at radius 1 is 1.33 bits per heavy atom. The van der Waals surface area contributed by atoms with Gasteiger partial charge in [0.15, 0.2) is 0 Å². The Kier molecular flexibility index (Phi) is 3.72. The van der Waals surface area contributed by atoms with Crippen LogP contribution < -0.4 is 10.2 Å². The lowest BCUT2D eigenvalue weighted by atomic mass is 10.1. The highest BCUT2D eigenvalue weighted by atomic mass is 16.6. The predicted octanol–water partition coefficient (Wildman–Crippen LogP) is 1.60. The fraction of sp³-hybridized carbons (Fsp3) is 0.308. The SMILES string of the molecule is COC(=O)NCCc1cn(OC)c2ccccc12. The predicted molar refractivity (Wildman–Crippen MR) is 68.6 cm³/mol. The molecule has 1 aromatic carbocycles. The van der Waals surface area contributed by atoms with Crippen molar-refractivity contribution in [1.29, 1.82) is 0 Å². The molecule has 0 atom stereocenters. The second kappa shape index (κ2) is 5.44. The second-order valence-corrected chi connectivity index (χ2v) is 3.85. The Bertz CT molecular complexity index is 548. The van der Waals surface area contributed by atoms with Gasteiger partial charge in [-0.05, 0) is 18.1 Å². The van der Waals surface area contributed by atoms with Gasteiger partial charge in [-0.25, -0.2) is 4.79 Å². The van der Waals surface area contributed by atoms with Crippen LogP contribution >= 0.6 is 0 Å². The number of alkyl carbamates (subject to hydrolysis) is 1. The summed E-state index contributed by atoms with van der Waals surface area (Å²) in [5.74, 6) is 0. The summed E-state index contributed by atoms with van der Waals surface area (Å²) in [6.45, 7) is 0.532. The van der Waals surface area contributed by atoms with Crippen LogP contribution in [0.3, 0.4) is 0 Å². The minimum atomic E-state index is -0.412. The summed E-state index contributed by atoms with van der Waals surface area (Å²) in [4.78, 5) is 16.2. The van der Waals surface area contributed by atoms with Crippen LogP contribution in [0.4, 0.5) is 4.79 Å². The summed E-state index contributed by atoms with van der Waals surface area (Å²) >= 11 is 0. The molecule has 1 amide bonds. The monoisotopic (exact) mass is 248 g/mol. The number of hydrogen-bond donors (Lipinski definition) is 1. The average molecular weight is 248 g/mol. The molecule has 5 heteroatoms. The van der Waals surface area contributed by atoms with Crippen LogP contribution in [0.5, 0.6) is 0 Å². The van der Waals surface area contributed by atoms with E-state index in [-0.39, 0.29) is 0 Å². The highest BCUT2D eigenvalue weighted by Crippen LogP contribution is 2.20. The third-order valence-corrected chi connectivity index (χ3v) is 2.81. The molecule has 0 aliphatic carbocycles. The van der Waals surface area contributed by atoms with E-state index in [0.717, 1.165) is 22.9 Å². The largest absolute Gasteiger partial charge is 0.453 e. The van der Waals surface area contributed by atoms with Gasteiger partial charge >= 0.3 is 6.09 Å². The van der Waals surface area contributed by atoms with Crippen molar-refractivity contribution in [2.24, 2.45) is 0 Å². The summed E-state index contributed by atoms with van der Waals surface area (Å²) in [6, 6.07) is 7.99. The first kappa shape index (κ1) is 12.3. The minimum Gasteiger partial charge on any atom is -0.453 e. The van der Waals surface area contributed by atoms with Crippen molar-refractivity contribution in [2.75, 3.05) is 20.8 Å². The highest BCUT2D eigenvalue weighted by molar-refractivity contribution is 5.83. The van der Waals surface area contributed by atoms with Gasteiger partial charge in [0, 0.05) is 18.1 Å². The van der Waals surface area contributed by atoms with E-state index in [2.05, 4.69) is 10.1 Å². The molecule has 0 saturated carbocycles. The molecule has 2 aromatic rings. The van der Waals surface area contributed by atoms with E-state index in [1.54, 1.807) is 11.8 Å². The zero-order valence-electron chi connectivity index (χ0n) is 10.5. The van der Waals surface area contributed by atoms with Gasteiger partial charge in [-0.1, -0.05) is 18.2 Å². The number of para-hydroxylation sites is 1. The molecule has 0 saturated heterocycles. The number of rotatable bonds is 4. The van der Waals surface area contributed by atoms with E-state index in [9.17, 15) is 4.79 Å². The Balaban J connectivity index is 2.15. The van der Waals surface area contributed by atoms with Gasteiger partial charge in [-0.15, -0.1) is 0 Å². The van der Waals surface area contributed by atoms with Crippen LogP contribution in [0, 0.1) is 0 Å². The van der Waals surface area contributed by atoms with Gasteiger partial charge < -0.3 is 14.9 Å². The van der Waals surface area contributed by atoms with Gasteiger partial charge in [0.05, 0.1) is 12.6 Å². The number of nitrogens with one attached hydrogen (secondary N) is 1. The van der Waals surface area contributed by atoms with Crippen molar-refractivity contribution in [3.05, 3.63) is 36.0 Å². The Morgan fingerprint density at radius 2 is 2.11 bits per heavy atom. The molecule has 0 aliphatic heterocycles. The molecule has 1 N–H and O–H groups in total. The number of ether oxygens (including phenoxy) is 1. The molecule has 0 spiro atoms. The van der Waals surface area contributed by atoms with Crippen molar-refractivity contribution in [1.82, 2.24) is 10.0 Å². The maximum atomic E-state index is 11.0. The third-order valence-electron chi connectivity index (χ3n) is 2.81. The van der Waals surface area contributed by atoms with E-state index >= 15 is 0 Å². The molecule has 1 aromatic heterocycles. The van der Waals surface area contributed by atoms with Gasteiger partial charge in [0.1, 0.15) is 7.11 Å². The van der Waals surface area contributed by atoms with E-state index < -0.39 is 6.09 Å². The van der Waals surface area contributed by atoms with Crippen LogP contribution in [0.2, 0.25) is 0 Å². The van der Waals surface area contributed by atoms with Gasteiger partial charge in [0.25, 0.3) is 0 Å². The Hall–Kier alpha value is -2.17. The number of carbonyl (C=O) groups is 1. The highest BCUT2D eigenvalue weighted by Gasteiger charge is 2.08. The smallest absolute Gasteiger partial charge is 0.406 e. The summed E-state index contributed by atoms with van der Waals surface area (Å²) in [7, 11) is 2.98. The lowest BCUT2D eigenvalue weighted by Gasteiger charge is -2.02. The zero-order chi connectivity index (χ0) is 13.0. The van der Waals surface area contributed by atoms with Crippen molar-refractivity contribution in [2.45, 2.75) is 6.42 Å². The molecule has 1 heterocycles. The molecule has 5 nitrogen and oxygen atoms in total. The fourth-order valence-corrected chi connectivity index (χ4v) is 1.94. The van der Waals surface area contributed by atoms with Crippen LogP contribution in [0.15, 0.2) is 30.5 Å². The number of methoxy groups -OCH3 is 1. The van der Waals surface area contributed by atoms with Crippen LogP contribution in [-0.4, -0.2) is 31.6 Å². The maximum Gasteiger partial charge on any atom is 0.406 e. The quantitative estimate of drug-likeness (QED) is 0.894. The molecular weight excluding hydrogens is 232 g/mol. The average Bonchev–Trinajstić information content (AvgIpc) is 2.77. The topological polar surface area (TPSA) is 52.5 Å². The second-order valence-electron chi connectivity index (χ2n) is 3.85. The number of benzene rings is 1. The van der Waals surface area contributed by atoms with Gasteiger partial charge in [-0.3, -0.25) is 0 Å². The molecule has 0 fully saturated rings. The molecule has 0 bridgehead atoms. The zero-order valence-corrected chi connectivity index (χ0v) is 10.5. The number of hydrogen-bond acceptors (Lipinski definition) is 3. The third kappa shape index (κ3) is 2.40. The van der Waals surface area contributed by atoms with E-state index in [1.807, 2.05) is 30.5 Å². The lowest BCUT2D eigenvalue weighted by Crippen LogP contribution is -2.25. The van der Waals surface area contributed by atoms with Crippen molar-refractivity contribution >= 4 is 17.0 Å². The first-order valence-electron chi connectivity index (χ1n) is 5.71. The van der Waals surface area contributed by atoms with Gasteiger partial charge in [0.2, 0.25) is 0 Å². The molecular formula is C13H16N2O3. The normalized spacial score (nSPS) is 10.3. The molecule has 0 unspecified atom stereocenters. The number of amides is 1. The van der Waals surface area contributed by atoms with E-state index in [0.29, 0.717) is 6.54 Å². The maximum absolute atomic E-state index is 11.0. The van der Waals surface area contributed by atoms with Crippen molar-refractivity contribution in [3.63, 3.8) is 0 Å². The summed E-state index contributed by atoms with van der Waals surface area (Å²) in [5.41, 5.74) is 2.15. The van der Waals surface area contributed by atoms with Crippen molar-refractivity contribution < 1.29 is 14.4 Å². The van der Waals surface area contributed by atoms with E-state index in [1.165, 1.54) is 7.11 Å². The number of carbonyl (C=O) groups excluding carboxylic acids is 1. The van der Waals surface area contributed by atoms with Crippen molar-refractivity contribution in [3.8, 4) is 0 Å². The number of fused-ring (bicyclic) bond motifs is 1. The number of nitrogens with zero attached hydrogens (tertiary/aromatic N) is 1. The summed E-state index contributed by atoms with van der Waals surface area (Å²) < 4.78 is 6.25. The lowest BCUT2D eigenvalue weighted by molar-refractivity contribution is 0.171. The molecule has 96 valence electrons. The molecule has 2 rings (SSSR count). The summed E-state index contributed by atoms with van der Waals surface area (Å²) in [5, 5.41) is 3.79. The van der Waals surface area contributed by atoms with Crippen LogP contribution in [-0.2, 0) is 11.2 Å². The first-order valence-corrected chi connectivity index (χ1v) is 5.71. The summed E-state index contributed by atoms with van der Waals surface area (Å²) in [6.07, 6.45) is 2.25.